The van der Waals surface area contributed by atoms with Gasteiger partial charge in [-0.2, -0.15) is 0 Å². The first kappa shape index (κ1) is 14.2. The van der Waals surface area contributed by atoms with Crippen LogP contribution in [-0.4, -0.2) is 17.0 Å². The van der Waals surface area contributed by atoms with E-state index in [1.807, 2.05) is 13.8 Å². The van der Waals surface area contributed by atoms with Gasteiger partial charge in [0, 0.05) is 25.2 Å². The lowest BCUT2D eigenvalue weighted by Gasteiger charge is -2.15. The quantitative estimate of drug-likeness (QED) is 0.926. The largest absolute Gasteiger partial charge is 0.438 e. The highest BCUT2D eigenvalue weighted by Crippen LogP contribution is 2.33. The Bertz CT molecular complexity index is 597. The third kappa shape index (κ3) is 3.01. The van der Waals surface area contributed by atoms with Gasteiger partial charge in [-0.15, -0.1) is 0 Å². The average Bonchev–Trinajstić information content (AvgIpc) is 2.36. The van der Waals surface area contributed by atoms with Gasteiger partial charge in [0.25, 0.3) is 0 Å². The van der Waals surface area contributed by atoms with Crippen LogP contribution < -0.4 is 10.1 Å². The number of ether oxygens (including phenoxy) is 1. The lowest BCUT2D eigenvalue weighted by Crippen LogP contribution is -2.04. The van der Waals surface area contributed by atoms with Gasteiger partial charge in [-0.3, -0.25) is 0 Å². The van der Waals surface area contributed by atoms with E-state index in [9.17, 15) is 8.78 Å². The summed E-state index contributed by atoms with van der Waals surface area (Å²) in [5.74, 6) is -0.341. The number of rotatable bonds is 4. The van der Waals surface area contributed by atoms with E-state index >= 15 is 0 Å². The minimum Gasteiger partial charge on any atom is -0.438 e. The van der Waals surface area contributed by atoms with Crippen LogP contribution in [0.1, 0.15) is 25.3 Å². The molecule has 0 unspecified atom stereocenters. The van der Waals surface area contributed by atoms with Crippen molar-refractivity contribution in [2.75, 3.05) is 12.4 Å². The van der Waals surface area contributed by atoms with E-state index in [0.717, 1.165) is 23.8 Å². The van der Waals surface area contributed by atoms with E-state index in [0.29, 0.717) is 5.82 Å². The molecule has 0 spiro atoms. The number of hydrogen-bond donors (Lipinski definition) is 1. The van der Waals surface area contributed by atoms with E-state index in [2.05, 4.69) is 15.3 Å². The molecule has 0 aliphatic rings. The third-order valence-corrected chi connectivity index (χ3v) is 2.71. The van der Waals surface area contributed by atoms with Crippen molar-refractivity contribution in [1.29, 1.82) is 0 Å². The zero-order valence-corrected chi connectivity index (χ0v) is 11.4. The predicted molar refractivity (Wildman–Crippen MR) is 72.1 cm³/mol. The highest BCUT2D eigenvalue weighted by molar-refractivity contribution is 5.51. The van der Waals surface area contributed by atoms with Gasteiger partial charge < -0.3 is 10.1 Å². The molecule has 2 aromatic rings. The number of halogens is 2. The molecule has 0 amide bonds. The topological polar surface area (TPSA) is 47.0 Å². The fourth-order valence-corrected chi connectivity index (χ4v) is 1.88. The molecular weight excluding hydrogens is 264 g/mol. The maximum Gasteiger partial charge on any atom is 0.227 e. The molecule has 1 aromatic carbocycles. The molecule has 0 bridgehead atoms. The normalized spacial score (nSPS) is 10.7. The second-order valence-electron chi connectivity index (χ2n) is 4.55. The van der Waals surface area contributed by atoms with Gasteiger partial charge in [0.2, 0.25) is 5.88 Å². The van der Waals surface area contributed by atoms with Crippen LogP contribution in [0.5, 0.6) is 11.6 Å². The zero-order chi connectivity index (χ0) is 14.7. The number of nitrogens with zero attached hydrogens (tertiary/aromatic N) is 2. The van der Waals surface area contributed by atoms with Crippen LogP contribution >= 0.6 is 0 Å². The molecule has 0 saturated carbocycles. The first-order valence-corrected chi connectivity index (χ1v) is 6.18. The van der Waals surface area contributed by atoms with Crippen LogP contribution in [-0.2, 0) is 0 Å². The number of nitrogens with one attached hydrogen (secondary N) is 1. The maximum atomic E-state index is 13.2. The molecular formula is C14H15F2N3O. The lowest BCUT2D eigenvalue weighted by atomic mass is 10.1. The van der Waals surface area contributed by atoms with Gasteiger partial charge in [-0.25, -0.2) is 18.7 Å². The third-order valence-electron chi connectivity index (χ3n) is 2.71. The van der Waals surface area contributed by atoms with Crippen molar-refractivity contribution in [3.05, 3.63) is 41.7 Å². The van der Waals surface area contributed by atoms with Gasteiger partial charge >= 0.3 is 0 Å². The molecule has 0 radical (unpaired) electrons. The van der Waals surface area contributed by atoms with E-state index in [-0.39, 0.29) is 17.5 Å². The fraction of sp³-hybridized carbons (Fsp3) is 0.286. The van der Waals surface area contributed by atoms with Crippen LogP contribution in [0.4, 0.5) is 14.6 Å². The zero-order valence-electron chi connectivity index (χ0n) is 11.4. The van der Waals surface area contributed by atoms with E-state index in [1.165, 1.54) is 6.33 Å². The van der Waals surface area contributed by atoms with Crippen molar-refractivity contribution < 1.29 is 13.5 Å². The Morgan fingerprint density at radius 3 is 2.30 bits per heavy atom. The number of anilines is 1. The molecule has 20 heavy (non-hydrogen) atoms. The summed E-state index contributed by atoms with van der Waals surface area (Å²) >= 11 is 0. The van der Waals surface area contributed by atoms with Gasteiger partial charge in [0.05, 0.1) is 5.56 Å². The Morgan fingerprint density at radius 1 is 1.10 bits per heavy atom. The summed E-state index contributed by atoms with van der Waals surface area (Å²) < 4.78 is 31.8. The van der Waals surface area contributed by atoms with Crippen LogP contribution in [0.15, 0.2) is 24.5 Å². The standard InChI is InChI=1S/C14H15F2N3O/c1-8(2)12-13(17-3)18-7-19-14(12)20-11-5-9(15)4-10(16)6-11/h4-8H,1-3H3,(H,17,18,19). The number of hydrogen-bond acceptors (Lipinski definition) is 4. The van der Waals surface area contributed by atoms with Gasteiger partial charge in [-0.1, -0.05) is 13.8 Å². The highest BCUT2D eigenvalue weighted by Gasteiger charge is 2.16. The van der Waals surface area contributed by atoms with Gasteiger partial charge in [0.15, 0.2) is 0 Å². The van der Waals surface area contributed by atoms with Crippen molar-refractivity contribution in [2.24, 2.45) is 0 Å². The smallest absolute Gasteiger partial charge is 0.227 e. The summed E-state index contributed by atoms with van der Waals surface area (Å²) in [6.07, 6.45) is 1.34. The first-order valence-electron chi connectivity index (χ1n) is 6.18. The fourth-order valence-electron chi connectivity index (χ4n) is 1.88. The van der Waals surface area contributed by atoms with E-state index in [1.54, 1.807) is 7.05 Å². The Kier molecular flexibility index (Phi) is 4.12. The van der Waals surface area contributed by atoms with Gasteiger partial charge in [0.1, 0.15) is 29.5 Å². The summed E-state index contributed by atoms with van der Waals surface area (Å²) in [7, 11) is 1.74. The van der Waals surface area contributed by atoms with Crippen molar-refractivity contribution in [2.45, 2.75) is 19.8 Å². The molecule has 6 heteroatoms. The molecule has 0 saturated heterocycles. The molecule has 0 aliphatic carbocycles. The molecule has 1 aromatic heterocycles. The summed E-state index contributed by atoms with van der Waals surface area (Å²) in [6.45, 7) is 3.91. The molecule has 1 N–H and O–H groups in total. The molecule has 106 valence electrons. The van der Waals surface area contributed by atoms with Crippen molar-refractivity contribution >= 4 is 5.82 Å². The molecule has 2 rings (SSSR count). The number of aromatic nitrogens is 2. The van der Waals surface area contributed by atoms with Crippen molar-refractivity contribution in [3.8, 4) is 11.6 Å². The minimum atomic E-state index is -0.700. The van der Waals surface area contributed by atoms with Crippen LogP contribution in [0.3, 0.4) is 0 Å². The van der Waals surface area contributed by atoms with Crippen molar-refractivity contribution in [3.63, 3.8) is 0 Å². The summed E-state index contributed by atoms with van der Waals surface area (Å²) in [5, 5.41) is 2.95. The minimum absolute atomic E-state index is 0.0603. The maximum absolute atomic E-state index is 13.2. The highest BCUT2D eigenvalue weighted by atomic mass is 19.1. The SMILES string of the molecule is CNc1ncnc(Oc2cc(F)cc(F)c2)c1C(C)C. The monoisotopic (exact) mass is 279 g/mol. The molecule has 4 nitrogen and oxygen atoms in total. The second-order valence-corrected chi connectivity index (χ2v) is 4.55. The lowest BCUT2D eigenvalue weighted by molar-refractivity contribution is 0.442. The Balaban J connectivity index is 2.42. The van der Waals surface area contributed by atoms with E-state index < -0.39 is 11.6 Å². The van der Waals surface area contributed by atoms with Crippen molar-refractivity contribution in [1.82, 2.24) is 9.97 Å². The van der Waals surface area contributed by atoms with Crippen LogP contribution in [0.25, 0.3) is 0 Å². The second kappa shape index (κ2) is 5.81. The summed E-state index contributed by atoms with van der Waals surface area (Å²) in [6, 6.07) is 3.00. The first-order chi connectivity index (χ1) is 9.51. The summed E-state index contributed by atoms with van der Waals surface area (Å²) in [5.41, 5.74) is 0.750. The Hall–Kier alpha value is -2.24. The van der Waals surface area contributed by atoms with Crippen LogP contribution in [0.2, 0.25) is 0 Å². The van der Waals surface area contributed by atoms with E-state index in [4.69, 9.17) is 4.74 Å². The molecule has 0 atom stereocenters. The summed E-state index contributed by atoms with van der Waals surface area (Å²) in [4.78, 5) is 8.15. The molecule has 1 heterocycles. The Labute approximate surface area is 115 Å². The predicted octanol–water partition coefficient (Wildman–Crippen LogP) is 3.71. The van der Waals surface area contributed by atoms with Crippen LogP contribution in [0, 0.1) is 11.6 Å². The number of benzene rings is 1. The average molecular weight is 279 g/mol. The molecule has 0 fully saturated rings. The van der Waals surface area contributed by atoms with Gasteiger partial charge in [-0.05, 0) is 5.92 Å². The Morgan fingerprint density at radius 2 is 1.75 bits per heavy atom. The molecule has 0 aliphatic heterocycles.